The molecule has 0 aromatic carbocycles. The van der Waals surface area contributed by atoms with Crippen LogP contribution < -0.4 is 11.5 Å². The van der Waals surface area contributed by atoms with Gasteiger partial charge in [0.1, 0.15) is 0 Å². The van der Waals surface area contributed by atoms with E-state index in [4.69, 9.17) is 11.5 Å². The van der Waals surface area contributed by atoms with E-state index in [9.17, 15) is 0 Å². The van der Waals surface area contributed by atoms with Gasteiger partial charge < -0.3 is 16.4 Å². The van der Waals surface area contributed by atoms with E-state index >= 15 is 0 Å². The normalized spacial score (nSPS) is 14.1. The molecule has 0 spiro atoms. The molecular formula is C10H21N3. The van der Waals surface area contributed by atoms with E-state index in [2.05, 4.69) is 18.7 Å². The van der Waals surface area contributed by atoms with Gasteiger partial charge in [0.25, 0.3) is 0 Å². The van der Waals surface area contributed by atoms with Crippen LogP contribution in [0.15, 0.2) is 23.0 Å². The van der Waals surface area contributed by atoms with E-state index in [0.29, 0.717) is 6.54 Å². The van der Waals surface area contributed by atoms with Gasteiger partial charge in [0.2, 0.25) is 0 Å². The maximum atomic E-state index is 5.58. The summed E-state index contributed by atoms with van der Waals surface area (Å²) in [5.41, 5.74) is 14.5. The Bertz CT molecular complexity index is 214. The molecule has 0 atom stereocenters. The highest BCUT2D eigenvalue weighted by Gasteiger charge is 2.05. The van der Waals surface area contributed by atoms with Crippen molar-refractivity contribution in [2.24, 2.45) is 11.5 Å². The molecule has 3 heteroatoms. The van der Waals surface area contributed by atoms with Crippen LogP contribution in [-0.4, -0.2) is 25.5 Å². The van der Waals surface area contributed by atoms with Crippen LogP contribution in [0.5, 0.6) is 0 Å². The zero-order chi connectivity index (χ0) is 10.4. The summed E-state index contributed by atoms with van der Waals surface area (Å²) >= 11 is 0. The van der Waals surface area contributed by atoms with Gasteiger partial charge in [0.15, 0.2) is 0 Å². The minimum atomic E-state index is 0.500. The van der Waals surface area contributed by atoms with Gasteiger partial charge in [0.05, 0.1) is 0 Å². The Morgan fingerprint density at radius 2 is 1.92 bits per heavy atom. The lowest BCUT2D eigenvalue weighted by Crippen LogP contribution is -2.16. The van der Waals surface area contributed by atoms with Crippen LogP contribution in [0.3, 0.4) is 0 Å². The molecular weight excluding hydrogens is 162 g/mol. The molecule has 0 aliphatic carbocycles. The van der Waals surface area contributed by atoms with Crippen molar-refractivity contribution in [3.63, 3.8) is 0 Å². The second kappa shape index (κ2) is 5.65. The number of hydrogen-bond acceptors (Lipinski definition) is 3. The van der Waals surface area contributed by atoms with Gasteiger partial charge >= 0.3 is 0 Å². The first-order valence-corrected chi connectivity index (χ1v) is 4.56. The van der Waals surface area contributed by atoms with Crippen LogP contribution in [0.2, 0.25) is 0 Å². The zero-order valence-electron chi connectivity index (χ0n) is 9.09. The molecule has 0 aliphatic rings. The van der Waals surface area contributed by atoms with Crippen LogP contribution in [0, 0.1) is 0 Å². The standard InChI is InChI=1S/C10H21N3/c1-5-10(13(3)4)8(2)9(6-11)7-12/h6H,5,7,11-12H2,1-4H3/b9-6+,10-8+. The molecule has 0 rings (SSSR count). The van der Waals surface area contributed by atoms with Gasteiger partial charge in [0, 0.05) is 26.3 Å². The summed E-state index contributed by atoms with van der Waals surface area (Å²) in [4.78, 5) is 2.11. The summed E-state index contributed by atoms with van der Waals surface area (Å²) < 4.78 is 0. The minimum absolute atomic E-state index is 0.500. The minimum Gasteiger partial charge on any atom is -0.404 e. The topological polar surface area (TPSA) is 55.3 Å². The van der Waals surface area contributed by atoms with Crippen LogP contribution in [0.1, 0.15) is 20.3 Å². The molecule has 0 aliphatic heterocycles. The third-order valence-electron chi connectivity index (χ3n) is 2.21. The average Bonchev–Trinajstić information content (AvgIpc) is 2.07. The summed E-state index contributed by atoms with van der Waals surface area (Å²) in [7, 11) is 4.07. The molecule has 0 aromatic rings. The largest absolute Gasteiger partial charge is 0.404 e. The van der Waals surface area contributed by atoms with E-state index in [1.165, 1.54) is 11.3 Å². The van der Waals surface area contributed by atoms with Crippen molar-refractivity contribution < 1.29 is 0 Å². The molecule has 0 radical (unpaired) electrons. The Balaban J connectivity index is 4.94. The molecule has 0 amide bonds. The predicted octanol–water partition coefficient (Wildman–Crippen LogP) is 1.03. The molecule has 4 N–H and O–H groups in total. The Hall–Kier alpha value is -0.960. The summed E-state index contributed by atoms with van der Waals surface area (Å²) in [6.45, 7) is 4.69. The molecule has 0 heterocycles. The first-order valence-electron chi connectivity index (χ1n) is 4.56. The quantitative estimate of drug-likeness (QED) is 0.640. The Kier molecular flexibility index (Phi) is 5.23. The number of nitrogens with two attached hydrogens (primary N) is 2. The molecule has 0 aromatic heterocycles. The van der Waals surface area contributed by atoms with E-state index in [-0.39, 0.29) is 0 Å². The fraction of sp³-hybridized carbons (Fsp3) is 0.600. The lowest BCUT2D eigenvalue weighted by molar-refractivity contribution is 0.488. The van der Waals surface area contributed by atoms with Crippen LogP contribution in [0.25, 0.3) is 0 Å². The van der Waals surface area contributed by atoms with E-state index < -0.39 is 0 Å². The highest BCUT2D eigenvalue weighted by atomic mass is 15.1. The molecule has 3 nitrogen and oxygen atoms in total. The molecule has 0 saturated heterocycles. The first-order chi connectivity index (χ1) is 6.08. The number of allylic oxidation sites excluding steroid dienone is 1. The van der Waals surface area contributed by atoms with Crippen LogP contribution >= 0.6 is 0 Å². The van der Waals surface area contributed by atoms with Crippen molar-refractivity contribution in [1.29, 1.82) is 0 Å². The monoisotopic (exact) mass is 183 g/mol. The van der Waals surface area contributed by atoms with Gasteiger partial charge in [-0.1, -0.05) is 6.92 Å². The fourth-order valence-corrected chi connectivity index (χ4v) is 1.45. The molecule has 0 fully saturated rings. The van der Waals surface area contributed by atoms with E-state index in [1.54, 1.807) is 6.20 Å². The third kappa shape index (κ3) is 3.11. The maximum absolute atomic E-state index is 5.58. The smallest absolute Gasteiger partial charge is 0.0195 e. The van der Waals surface area contributed by atoms with Crippen molar-refractivity contribution in [2.45, 2.75) is 20.3 Å². The van der Waals surface area contributed by atoms with E-state index in [1.807, 2.05) is 14.1 Å². The Morgan fingerprint density at radius 3 is 2.15 bits per heavy atom. The zero-order valence-corrected chi connectivity index (χ0v) is 9.09. The van der Waals surface area contributed by atoms with Crippen molar-refractivity contribution in [2.75, 3.05) is 20.6 Å². The second-order valence-electron chi connectivity index (χ2n) is 3.22. The second-order valence-corrected chi connectivity index (χ2v) is 3.22. The molecule has 0 saturated carbocycles. The molecule has 76 valence electrons. The van der Waals surface area contributed by atoms with Gasteiger partial charge in [-0.05, 0) is 30.7 Å². The van der Waals surface area contributed by atoms with Crippen molar-refractivity contribution in [3.05, 3.63) is 23.0 Å². The summed E-state index contributed by atoms with van der Waals surface area (Å²) in [6.07, 6.45) is 2.59. The Morgan fingerprint density at radius 1 is 1.38 bits per heavy atom. The summed E-state index contributed by atoms with van der Waals surface area (Å²) in [5, 5.41) is 0. The van der Waals surface area contributed by atoms with Crippen LogP contribution in [0.4, 0.5) is 0 Å². The van der Waals surface area contributed by atoms with E-state index in [0.717, 1.165) is 12.0 Å². The molecule has 0 unspecified atom stereocenters. The summed E-state index contributed by atoms with van der Waals surface area (Å²) in [6, 6.07) is 0. The maximum Gasteiger partial charge on any atom is 0.0195 e. The fourth-order valence-electron chi connectivity index (χ4n) is 1.45. The first kappa shape index (κ1) is 12.0. The average molecular weight is 183 g/mol. The van der Waals surface area contributed by atoms with Gasteiger partial charge in [-0.25, -0.2) is 0 Å². The highest BCUT2D eigenvalue weighted by molar-refractivity contribution is 5.33. The highest BCUT2D eigenvalue weighted by Crippen LogP contribution is 2.16. The van der Waals surface area contributed by atoms with Gasteiger partial charge in [-0.15, -0.1) is 0 Å². The number of nitrogens with zero attached hydrogens (tertiary/aromatic N) is 1. The number of hydrogen-bond donors (Lipinski definition) is 2. The van der Waals surface area contributed by atoms with Gasteiger partial charge in [-0.2, -0.15) is 0 Å². The van der Waals surface area contributed by atoms with Crippen molar-refractivity contribution >= 4 is 0 Å². The third-order valence-corrected chi connectivity index (χ3v) is 2.21. The SMILES string of the molecule is CC/C(=C(C)\C(=C\N)CN)N(C)C. The van der Waals surface area contributed by atoms with Crippen molar-refractivity contribution in [3.8, 4) is 0 Å². The molecule has 13 heavy (non-hydrogen) atoms. The predicted molar refractivity (Wildman–Crippen MR) is 58.0 cm³/mol. The summed E-state index contributed by atoms with van der Waals surface area (Å²) in [5.74, 6) is 0. The van der Waals surface area contributed by atoms with Gasteiger partial charge in [-0.3, -0.25) is 0 Å². The number of rotatable bonds is 4. The lowest BCUT2D eigenvalue weighted by atomic mass is 10.0. The molecule has 0 bridgehead atoms. The van der Waals surface area contributed by atoms with Crippen molar-refractivity contribution in [1.82, 2.24) is 4.90 Å². The Labute approximate surface area is 81.1 Å². The van der Waals surface area contributed by atoms with Crippen LogP contribution in [-0.2, 0) is 0 Å². The lowest BCUT2D eigenvalue weighted by Gasteiger charge is -2.20.